The lowest BCUT2D eigenvalue weighted by Crippen LogP contribution is -2.41. The van der Waals surface area contributed by atoms with Gasteiger partial charge in [-0.25, -0.2) is 14.8 Å². The molecule has 0 saturated carbocycles. The lowest BCUT2D eigenvalue weighted by molar-refractivity contribution is -0.143. The number of ether oxygens (including phenoxy) is 3. The van der Waals surface area contributed by atoms with Crippen molar-refractivity contribution in [2.24, 2.45) is 0 Å². The Morgan fingerprint density at radius 2 is 1.72 bits per heavy atom. The number of nitrogens with one attached hydrogen (secondary N) is 1. The van der Waals surface area contributed by atoms with Gasteiger partial charge in [0.1, 0.15) is 11.4 Å². The first-order chi connectivity index (χ1) is 17.1. The van der Waals surface area contributed by atoms with E-state index in [2.05, 4.69) is 15.3 Å². The molecule has 0 saturated heterocycles. The topological polar surface area (TPSA) is 99.6 Å². The van der Waals surface area contributed by atoms with Gasteiger partial charge in [-0.2, -0.15) is 0 Å². The average molecular weight is 512 g/mol. The second kappa shape index (κ2) is 12.4. The van der Waals surface area contributed by atoms with Crippen LogP contribution in [0.25, 0.3) is 11.1 Å². The summed E-state index contributed by atoms with van der Waals surface area (Å²) >= 11 is 5.81. The van der Waals surface area contributed by atoms with Gasteiger partial charge in [-0.1, -0.05) is 48.0 Å². The van der Waals surface area contributed by atoms with Gasteiger partial charge in [-0.05, 0) is 62.9 Å². The largest absolute Gasteiger partial charge is 0.466 e. The highest BCUT2D eigenvalue weighted by Gasteiger charge is 2.22. The summed E-state index contributed by atoms with van der Waals surface area (Å²) in [5, 5.41) is 3.24. The Kier molecular flexibility index (Phi) is 9.25. The van der Waals surface area contributed by atoms with Crippen molar-refractivity contribution in [3.05, 3.63) is 71.5 Å². The molecule has 3 aromatic rings. The van der Waals surface area contributed by atoms with Gasteiger partial charge in [0.2, 0.25) is 0 Å². The predicted octanol–water partition coefficient (Wildman–Crippen LogP) is 5.98. The molecule has 1 atom stereocenters. The van der Waals surface area contributed by atoms with Gasteiger partial charge in [0.05, 0.1) is 30.4 Å². The Morgan fingerprint density at radius 1 is 1.03 bits per heavy atom. The molecule has 2 aromatic carbocycles. The highest BCUT2D eigenvalue weighted by atomic mass is 35.5. The number of carbonyl (C=O) groups is 2. The molecule has 9 heteroatoms. The fourth-order valence-corrected chi connectivity index (χ4v) is 3.50. The van der Waals surface area contributed by atoms with Crippen LogP contribution < -0.4 is 10.1 Å². The monoisotopic (exact) mass is 511 g/mol. The molecule has 190 valence electrons. The number of benzene rings is 2. The first-order valence-electron chi connectivity index (χ1n) is 11.6. The number of rotatable bonds is 9. The van der Waals surface area contributed by atoms with Crippen molar-refractivity contribution in [2.45, 2.75) is 52.2 Å². The Hall–Kier alpha value is -3.65. The van der Waals surface area contributed by atoms with E-state index >= 15 is 0 Å². The van der Waals surface area contributed by atoms with Gasteiger partial charge in [-0.15, -0.1) is 0 Å². The van der Waals surface area contributed by atoms with Gasteiger partial charge in [-0.3, -0.25) is 4.79 Å². The highest BCUT2D eigenvalue weighted by molar-refractivity contribution is 6.30. The molecule has 0 spiro atoms. The normalized spacial score (nSPS) is 11.9. The number of nitrogens with zero attached hydrogens (tertiary/aromatic N) is 2. The molecule has 1 amide bonds. The maximum absolute atomic E-state index is 12.4. The number of alkyl carbamates (subject to hydrolysis) is 1. The third kappa shape index (κ3) is 8.85. The van der Waals surface area contributed by atoms with E-state index in [1.807, 2.05) is 48.5 Å². The number of halogens is 1. The molecule has 36 heavy (non-hydrogen) atoms. The maximum Gasteiger partial charge on any atom is 0.407 e. The molecule has 0 fully saturated rings. The number of hydrogen-bond donors (Lipinski definition) is 1. The summed E-state index contributed by atoms with van der Waals surface area (Å²) in [7, 11) is 0. The van der Waals surface area contributed by atoms with Gasteiger partial charge >= 0.3 is 18.1 Å². The van der Waals surface area contributed by atoms with Gasteiger partial charge in [0.15, 0.2) is 0 Å². The van der Waals surface area contributed by atoms with Crippen LogP contribution in [0.2, 0.25) is 5.02 Å². The Bertz CT molecular complexity index is 1160. The van der Waals surface area contributed by atoms with Crippen molar-refractivity contribution in [2.75, 3.05) is 6.61 Å². The van der Waals surface area contributed by atoms with Gasteiger partial charge < -0.3 is 19.5 Å². The lowest BCUT2D eigenvalue weighted by Gasteiger charge is -2.23. The molecular weight excluding hydrogens is 482 g/mol. The summed E-state index contributed by atoms with van der Waals surface area (Å²) in [5.41, 5.74) is 2.26. The summed E-state index contributed by atoms with van der Waals surface area (Å²) in [4.78, 5) is 32.5. The van der Waals surface area contributed by atoms with Crippen LogP contribution in [0.15, 0.2) is 60.9 Å². The smallest absolute Gasteiger partial charge is 0.407 e. The fraction of sp³-hybridized carbons (Fsp3) is 0.333. The SMILES string of the molecule is CCOC(=O)CC(Cc1cccc(-c2ccc(Oc3ncc(Cl)cn3)cc2)c1)NC(=O)OC(C)(C)C. The molecule has 0 bridgehead atoms. The number of amides is 1. The fourth-order valence-electron chi connectivity index (χ4n) is 3.41. The molecule has 1 unspecified atom stereocenters. The molecule has 0 aliphatic carbocycles. The van der Waals surface area contributed by atoms with Crippen LogP contribution in [0.5, 0.6) is 11.8 Å². The van der Waals surface area contributed by atoms with Crippen molar-refractivity contribution < 1.29 is 23.8 Å². The second-order valence-electron chi connectivity index (χ2n) is 9.07. The molecule has 1 aromatic heterocycles. The van der Waals surface area contributed by atoms with Crippen molar-refractivity contribution in [1.82, 2.24) is 15.3 Å². The number of esters is 1. The van der Waals surface area contributed by atoms with Crippen LogP contribution in [-0.2, 0) is 20.7 Å². The zero-order valence-corrected chi connectivity index (χ0v) is 21.5. The zero-order valence-electron chi connectivity index (χ0n) is 20.8. The zero-order chi connectivity index (χ0) is 26.1. The van der Waals surface area contributed by atoms with E-state index in [-0.39, 0.29) is 25.0 Å². The first kappa shape index (κ1) is 26.9. The summed E-state index contributed by atoms with van der Waals surface area (Å²) < 4.78 is 16.1. The Balaban J connectivity index is 1.71. The predicted molar refractivity (Wildman–Crippen MR) is 137 cm³/mol. The molecule has 1 heterocycles. The van der Waals surface area contributed by atoms with E-state index in [9.17, 15) is 9.59 Å². The minimum atomic E-state index is -0.645. The Morgan fingerprint density at radius 3 is 2.36 bits per heavy atom. The minimum Gasteiger partial charge on any atom is -0.466 e. The number of hydrogen-bond acceptors (Lipinski definition) is 7. The van der Waals surface area contributed by atoms with E-state index in [0.717, 1.165) is 16.7 Å². The van der Waals surface area contributed by atoms with E-state index in [1.165, 1.54) is 12.4 Å². The minimum absolute atomic E-state index is 0.0378. The van der Waals surface area contributed by atoms with E-state index in [0.29, 0.717) is 17.2 Å². The molecule has 1 N–H and O–H groups in total. The first-order valence-corrected chi connectivity index (χ1v) is 12.0. The van der Waals surface area contributed by atoms with E-state index < -0.39 is 17.7 Å². The van der Waals surface area contributed by atoms with Gasteiger partial charge in [0.25, 0.3) is 0 Å². The van der Waals surface area contributed by atoms with E-state index in [1.54, 1.807) is 27.7 Å². The molecule has 0 radical (unpaired) electrons. The quantitative estimate of drug-likeness (QED) is 0.353. The van der Waals surface area contributed by atoms with Crippen molar-refractivity contribution in [3.8, 4) is 22.9 Å². The van der Waals surface area contributed by atoms with Gasteiger partial charge in [0, 0.05) is 6.04 Å². The third-order valence-electron chi connectivity index (χ3n) is 4.84. The molecule has 0 aliphatic heterocycles. The summed E-state index contributed by atoms with van der Waals surface area (Å²) in [6.45, 7) is 7.38. The molecule has 0 aliphatic rings. The summed E-state index contributed by atoms with van der Waals surface area (Å²) in [5.74, 6) is 0.211. The van der Waals surface area contributed by atoms with E-state index in [4.69, 9.17) is 25.8 Å². The highest BCUT2D eigenvalue weighted by Crippen LogP contribution is 2.26. The third-order valence-corrected chi connectivity index (χ3v) is 5.04. The van der Waals surface area contributed by atoms with Crippen LogP contribution in [0.1, 0.15) is 39.7 Å². The van der Waals surface area contributed by atoms with Crippen LogP contribution in [0.3, 0.4) is 0 Å². The van der Waals surface area contributed by atoms with Crippen molar-refractivity contribution >= 4 is 23.7 Å². The van der Waals surface area contributed by atoms with Crippen LogP contribution >= 0.6 is 11.6 Å². The molecule has 3 rings (SSSR count). The van der Waals surface area contributed by atoms with Crippen LogP contribution in [-0.4, -0.2) is 40.3 Å². The molecular formula is C27H30ClN3O5. The Labute approximate surface area is 216 Å². The lowest BCUT2D eigenvalue weighted by atomic mass is 9.98. The molecule has 8 nitrogen and oxygen atoms in total. The average Bonchev–Trinajstić information content (AvgIpc) is 2.80. The summed E-state index contributed by atoms with van der Waals surface area (Å²) in [6, 6.07) is 15.1. The van der Waals surface area contributed by atoms with Crippen molar-refractivity contribution in [1.29, 1.82) is 0 Å². The van der Waals surface area contributed by atoms with Crippen LogP contribution in [0.4, 0.5) is 4.79 Å². The van der Waals surface area contributed by atoms with Crippen molar-refractivity contribution in [3.63, 3.8) is 0 Å². The maximum atomic E-state index is 12.4. The summed E-state index contributed by atoms with van der Waals surface area (Å²) in [6.07, 6.45) is 2.83. The van der Waals surface area contributed by atoms with Crippen LogP contribution in [0, 0.1) is 0 Å². The second-order valence-corrected chi connectivity index (χ2v) is 9.50. The standard InChI is InChI=1S/C27H30ClN3O5/c1-5-34-24(32)15-22(31-26(33)36-27(2,3)4)14-18-7-6-8-20(13-18)19-9-11-23(12-10-19)35-25-29-16-21(28)17-30-25/h6-13,16-17,22H,5,14-15H2,1-4H3,(H,31,33). The number of aromatic nitrogens is 2. The number of carbonyl (C=O) groups excluding carboxylic acids is 2.